The van der Waals surface area contributed by atoms with Crippen molar-refractivity contribution in [1.29, 1.82) is 0 Å². The lowest BCUT2D eigenvalue weighted by molar-refractivity contribution is 0.164. The molecule has 2 rings (SSSR count). The summed E-state index contributed by atoms with van der Waals surface area (Å²) in [6.45, 7) is 2.62. The first-order valence-electron chi connectivity index (χ1n) is 6.76. The van der Waals surface area contributed by atoms with E-state index >= 15 is 0 Å². The number of ether oxygens (including phenoxy) is 1. The number of methoxy groups -OCH3 is 1. The fourth-order valence-electron chi connectivity index (χ4n) is 2.32. The van der Waals surface area contributed by atoms with E-state index in [1.54, 1.807) is 13.2 Å². The van der Waals surface area contributed by atoms with E-state index in [1.165, 1.54) is 22.5 Å². The van der Waals surface area contributed by atoms with Crippen molar-refractivity contribution in [1.82, 2.24) is 4.31 Å². The maximum Gasteiger partial charge on any atom is 0.243 e. The van der Waals surface area contributed by atoms with E-state index in [9.17, 15) is 13.5 Å². The van der Waals surface area contributed by atoms with Gasteiger partial charge in [-0.3, -0.25) is 0 Å². The molecule has 1 N–H and O–H groups in total. The van der Waals surface area contributed by atoms with Gasteiger partial charge in [-0.25, -0.2) is 8.42 Å². The summed E-state index contributed by atoms with van der Waals surface area (Å²) in [5.74, 6) is 0.385. The summed E-state index contributed by atoms with van der Waals surface area (Å²) in [5, 5.41) is 9.49. The molecule has 0 bridgehead atoms. The van der Waals surface area contributed by atoms with Gasteiger partial charge >= 0.3 is 0 Å². The first-order chi connectivity index (χ1) is 9.46. The van der Waals surface area contributed by atoms with E-state index in [0.717, 1.165) is 12.8 Å². The van der Waals surface area contributed by atoms with E-state index in [0.29, 0.717) is 19.1 Å². The van der Waals surface area contributed by atoms with Crippen LogP contribution < -0.4 is 0 Å². The standard InChI is InChI=1S/C14H21NO4S/c1-11(12-6-7-12)15(8-9-19-2)20(17,18)14-5-3-4-13(16)10-14/h3-5,10-12,16H,6-9H2,1-2H3. The van der Waals surface area contributed by atoms with Crippen molar-refractivity contribution in [2.45, 2.75) is 30.7 Å². The highest BCUT2D eigenvalue weighted by Crippen LogP contribution is 2.37. The fourth-order valence-corrected chi connectivity index (χ4v) is 4.03. The van der Waals surface area contributed by atoms with Gasteiger partial charge in [0.05, 0.1) is 11.5 Å². The van der Waals surface area contributed by atoms with Gasteiger partial charge in [0.25, 0.3) is 0 Å². The average molecular weight is 299 g/mol. The highest BCUT2D eigenvalue weighted by atomic mass is 32.2. The molecule has 1 aromatic rings. The van der Waals surface area contributed by atoms with E-state index < -0.39 is 10.0 Å². The Hall–Kier alpha value is -1.11. The Bertz CT molecular complexity index is 554. The average Bonchev–Trinajstić information content (AvgIpc) is 3.23. The number of phenolic OH excluding ortho intramolecular Hbond substituents is 1. The van der Waals surface area contributed by atoms with Crippen molar-refractivity contribution in [3.63, 3.8) is 0 Å². The van der Waals surface area contributed by atoms with Gasteiger partial charge < -0.3 is 9.84 Å². The van der Waals surface area contributed by atoms with Gasteiger partial charge in [-0.1, -0.05) is 6.07 Å². The number of sulfonamides is 1. The summed E-state index contributed by atoms with van der Waals surface area (Å²) >= 11 is 0. The largest absolute Gasteiger partial charge is 0.508 e. The van der Waals surface area contributed by atoms with E-state index in [1.807, 2.05) is 6.92 Å². The molecule has 0 saturated heterocycles. The van der Waals surface area contributed by atoms with Gasteiger partial charge in [0.1, 0.15) is 5.75 Å². The van der Waals surface area contributed by atoms with Gasteiger partial charge in [-0.2, -0.15) is 4.31 Å². The SMILES string of the molecule is COCCN(C(C)C1CC1)S(=O)(=O)c1cccc(O)c1. The zero-order valence-electron chi connectivity index (χ0n) is 11.8. The number of hydrogen-bond acceptors (Lipinski definition) is 4. The van der Waals surface area contributed by atoms with Crippen LogP contribution in [0, 0.1) is 5.92 Å². The van der Waals surface area contributed by atoms with Crippen LogP contribution >= 0.6 is 0 Å². The van der Waals surface area contributed by atoms with Crippen molar-refractivity contribution in [2.24, 2.45) is 5.92 Å². The van der Waals surface area contributed by atoms with Crippen molar-refractivity contribution >= 4 is 10.0 Å². The predicted octanol–water partition coefficient (Wildman–Crippen LogP) is 1.83. The van der Waals surface area contributed by atoms with Crippen molar-refractivity contribution in [3.8, 4) is 5.75 Å². The Labute approximate surface area is 120 Å². The summed E-state index contributed by atoms with van der Waals surface area (Å²) in [6.07, 6.45) is 2.14. The number of aromatic hydroxyl groups is 1. The van der Waals surface area contributed by atoms with Crippen molar-refractivity contribution in [2.75, 3.05) is 20.3 Å². The Morgan fingerprint density at radius 1 is 1.45 bits per heavy atom. The Kier molecular flexibility index (Phi) is 4.67. The van der Waals surface area contributed by atoms with Crippen LogP contribution in [0.15, 0.2) is 29.2 Å². The van der Waals surface area contributed by atoms with Crippen LogP contribution in [0.25, 0.3) is 0 Å². The lowest BCUT2D eigenvalue weighted by atomic mass is 10.2. The van der Waals surface area contributed by atoms with Crippen LogP contribution in [0.3, 0.4) is 0 Å². The molecule has 0 aliphatic heterocycles. The van der Waals surface area contributed by atoms with Crippen LogP contribution in [-0.2, 0) is 14.8 Å². The summed E-state index contributed by atoms with van der Waals surface area (Å²) in [6, 6.07) is 5.75. The van der Waals surface area contributed by atoms with Crippen LogP contribution in [-0.4, -0.2) is 44.1 Å². The van der Waals surface area contributed by atoms with Crippen LogP contribution in [0.4, 0.5) is 0 Å². The second-order valence-electron chi connectivity index (χ2n) is 5.18. The third-order valence-corrected chi connectivity index (χ3v) is 5.68. The number of benzene rings is 1. The molecule has 0 spiro atoms. The second kappa shape index (κ2) is 6.11. The van der Waals surface area contributed by atoms with E-state index in [4.69, 9.17) is 4.74 Å². The molecule has 5 nitrogen and oxygen atoms in total. The van der Waals surface area contributed by atoms with E-state index in [-0.39, 0.29) is 16.7 Å². The summed E-state index contributed by atoms with van der Waals surface area (Å²) in [7, 11) is -2.05. The lowest BCUT2D eigenvalue weighted by Gasteiger charge is -2.28. The Morgan fingerprint density at radius 3 is 2.70 bits per heavy atom. The molecule has 0 amide bonds. The predicted molar refractivity (Wildman–Crippen MR) is 76.1 cm³/mol. The van der Waals surface area contributed by atoms with Crippen LogP contribution in [0.1, 0.15) is 19.8 Å². The molecule has 1 unspecified atom stereocenters. The quantitative estimate of drug-likeness (QED) is 0.834. The first kappa shape index (κ1) is 15.3. The third kappa shape index (κ3) is 3.31. The summed E-state index contributed by atoms with van der Waals surface area (Å²) in [5.41, 5.74) is 0. The highest BCUT2D eigenvalue weighted by molar-refractivity contribution is 7.89. The summed E-state index contributed by atoms with van der Waals surface area (Å²) in [4.78, 5) is 0.126. The summed E-state index contributed by atoms with van der Waals surface area (Å²) < 4.78 is 32.0. The van der Waals surface area contributed by atoms with Gasteiger partial charge in [0.15, 0.2) is 0 Å². The fraction of sp³-hybridized carbons (Fsp3) is 0.571. The van der Waals surface area contributed by atoms with Crippen LogP contribution in [0.5, 0.6) is 5.75 Å². The molecule has 1 fully saturated rings. The van der Waals surface area contributed by atoms with Gasteiger partial charge in [-0.05, 0) is 43.9 Å². The normalized spacial score (nSPS) is 17.4. The highest BCUT2D eigenvalue weighted by Gasteiger charge is 2.38. The van der Waals surface area contributed by atoms with Crippen molar-refractivity contribution < 1.29 is 18.3 Å². The topological polar surface area (TPSA) is 66.8 Å². The lowest BCUT2D eigenvalue weighted by Crippen LogP contribution is -2.41. The second-order valence-corrected chi connectivity index (χ2v) is 7.07. The molecule has 1 atom stereocenters. The number of nitrogens with zero attached hydrogens (tertiary/aromatic N) is 1. The number of rotatable bonds is 7. The molecule has 20 heavy (non-hydrogen) atoms. The molecule has 1 aliphatic carbocycles. The molecule has 0 aromatic heterocycles. The van der Waals surface area contributed by atoms with Crippen molar-refractivity contribution in [3.05, 3.63) is 24.3 Å². The maximum atomic E-state index is 12.7. The maximum absolute atomic E-state index is 12.7. The van der Waals surface area contributed by atoms with Crippen LogP contribution in [0.2, 0.25) is 0 Å². The minimum absolute atomic E-state index is 0.0440. The number of phenols is 1. The zero-order chi connectivity index (χ0) is 14.8. The molecule has 0 radical (unpaired) electrons. The monoisotopic (exact) mass is 299 g/mol. The van der Waals surface area contributed by atoms with E-state index in [2.05, 4.69) is 0 Å². The minimum atomic E-state index is -3.61. The third-order valence-electron chi connectivity index (χ3n) is 3.70. The Morgan fingerprint density at radius 2 is 2.15 bits per heavy atom. The van der Waals surface area contributed by atoms with Gasteiger partial charge in [0.2, 0.25) is 10.0 Å². The molecule has 6 heteroatoms. The first-order valence-corrected chi connectivity index (χ1v) is 8.20. The smallest absolute Gasteiger partial charge is 0.243 e. The Balaban J connectivity index is 2.30. The zero-order valence-corrected chi connectivity index (χ0v) is 12.6. The molecule has 1 saturated carbocycles. The molecule has 1 aliphatic rings. The van der Waals surface area contributed by atoms with Gasteiger partial charge in [0, 0.05) is 19.7 Å². The molecular formula is C14H21NO4S. The minimum Gasteiger partial charge on any atom is -0.508 e. The molecule has 1 aromatic carbocycles. The number of hydrogen-bond donors (Lipinski definition) is 1. The molecule has 0 heterocycles. The van der Waals surface area contributed by atoms with Gasteiger partial charge in [-0.15, -0.1) is 0 Å². The molecular weight excluding hydrogens is 278 g/mol. The molecule has 112 valence electrons.